The van der Waals surface area contributed by atoms with Crippen LogP contribution in [0.25, 0.3) is 0 Å². The Kier molecular flexibility index (Phi) is 7.11. The standard InChI is InChI=1S/C23H28N4O7/c28-18-5-4-17(20(29)25-18)27-21(30)15-2-1-3-16(19(15)22(27)31)24-9-13-34-12-8-14-6-10-26(11-7-14)23(32)33/h1-3,14,17,24H,4-13H2,(H,32,33)(H,25,28,29). The van der Waals surface area contributed by atoms with Gasteiger partial charge < -0.3 is 20.1 Å². The molecular formula is C23H28N4O7. The minimum Gasteiger partial charge on any atom is -0.465 e. The van der Waals surface area contributed by atoms with Crippen molar-refractivity contribution in [3.63, 3.8) is 0 Å². The summed E-state index contributed by atoms with van der Waals surface area (Å²) in [6, 6.07) is 3.93. The van der Waals surface area contributed by atoms with Gasteiger partial charge in [-0.3, -0.25) is 29.4 Å². The molecule has 5 amide bonds. The van der Waals surface area contributed by atoms with E-state index in [1.54, 1.807) is 18.2 Å². The van der Waals surface area contributed by atoms with Crippen molar-refractivity contribution >= 4 is 35.4 Å². The number of ether oxygens (including phenoxy) is 1. The largest absolute Gasteiger partial charge is 0.465 e. The van der Waals surface area contributed by atoms with Gasteiger partial charge in [0.15, 0.2) is 0 Å². The smallest absolute Gasteiger partial charge is 0.407 e. The Balaban J connectivity index is 1.26. The third-order valence-electron chi connectivity index (χ3n) is 6.59. The first-order valence-electron chi connectivity index (χ1n) is 11.5. The molecule has 4 rings (SSSR count). The van der Waals surface area contributed by atoms with E-state index in [1.807, 2.05) is 0 Å². The minimum absolute atomic E-state index is 0.0743. The molecule has 0 aliphatic carbocycles. The number of carbonyl (C=O) groups excluding carboxylic acids is 4. The first kappa shape index (κ1) is 23.7. The zero-order valence-electron chi connectivity index (χ0n) is 18.7. The van der Waals surface area contributed by atoms with Gasteiger partial charge in [-0.15, -0.1) is 0 Å². The van der Waals surface area contributed by atoms with Crippen LogP contribution >= 0.6 is 0 Å². The number of hydrogen-bond acceptors (Lipinski definition) is 7. The molecule has 3 heterocycles. The highest BCUT2D eigenvalue weighted by atomic mass is 16.5. The molecule has 11 nitrogen and oxygen atoms in total. The monoisotopic (exact) mass is 472 g/mol. The van der Waals surface area contributed by atoms with Crippen LogP contribution in [0, 0.1) is 5.92 Å². The van der Waals surface area contributed by atoms with E-state index < -0.39 is 35.8 Å². The van der Waals surface area contributed by atoms with Crippen molar-refractivity contribution in [1.29, 1.82) is 0 Å². The highest BCUT2D eigenvalue weighted by Gasteiger charge is 2.45. The molecule has 0 saturated carbocycles. The fraction of sp³-hybridized carbons (Fsp3) is 0.522. The van der Waals surface area contributed by atoms with Crippen LogP contribution in [-0.4, -0.2) is 83.5 Å². The molecule has 1 aromatic carbocycles. The molecule has 0 radical (unpaired) electrons. The summed E-state index contributed by atoms with van der Waals surface area (Å²) in [5.41, 5.74) is 0.950. The third kappa shape index (κ3) is 4.89. The Morgan fingerprint density at radius 3 is 2.56 bits per heavy atom. The zero-order chi connectivity index (χ0) is 24.2. The molecule has 3 aliphatic rings. The average Bonchev–Trinajstić information content (AvgIpc) is 3.07. The number of benzene rings is 1. The topological polar surface area (TPSA) is 145 Å². The van der Waals surface area contributed by atoms with Gasteiger partial charge in [-0.05, 0) is 43.7 Å². The molecular weight excluding hydrogens is 444 g/mol. The van der Waals surface area contributed by atoms with Crippen LogP contribution < -0.4 is 10.6 Å². The molecule has 3 aliphatic heterocycles. The fourth-order valence-electron chi connectivity index (χ4n) is 4.69. The van der Waals surface area contributed by atoms with Gasteiger partial charge in [0, 0.05) is 38.3 Å². The second kappa shape index (κ2) is 10.2. The number of likely N-dealkylation sites (tertiary alicyclic amines) is 1. The lowest BCUT2D eigenvalue weighted by Gasteiger charge is -2.29. The maximum atomic E-state index is 13.1. The summed E-state index contributed by atoms with van der Waals surface area (Å²) in [7, 11) is 0. The summed E-state index contributed by atoms with van der Waals surface area (Å²) in [6.07, 6.45) is 1.86. The van der Waals surface area contributed by atoms with Crippen LogP contribution in [-0.2, 0) is 14.3 Å². The lowest BCUT2D eigenvalue weighted by Crippen LogP contribution is -2.54. The van der Waals surface area contributed by atoms with Crippen molar-refractivity contribution in [1.82, 2.24) is 15.1 Å². The van der Waals surface area contributed by atoms with Crippen LogP contribution in [0.2, 0.25) is 0 Å². The van der Waals surface area contributed by atoms with Gasteiger partial charge in [0.05, 0.1) is 17.7 Å². The molecule has 1 unspecified atom stereocenters. The number of piperidine rings is 2. The second-order valence-corrected chi connectivity index (χ2v) is 8.72. The lowest BCUT2D eigenvalue weighted by atomic mass is 9.94. The highest BCUT2D eigenvalue weighted by Crippen LogP contribution is 2.32. The SMILES string of the molecule is O=C1CCC(N2C(=O)c3cccc(NCCOCCC4CCN(C(=O)O)CC4)c3C2=O)C(=O)N1. The van der Waals surface area contributed by atoms with Gasteiger partial charge in [-0.2, -0.15) is 0 Å². The maximum absolute atomic E-state index is 13.1. The Morgan fingerprint density at radius 1 is 1.09 bits per heavy atom. The molecule has 0 aromatic heterocycles. The number of fused-ring (bicyclic) bond motifs is 1. The Bertz CT molecular complexity index is 1000. The average molecular weight is 472 g/mol. The van der Waals surface area contributed by atoms with E-state index in [-0.39, 0.29) is 24.0 Å². The number of imide groups is 2. The van der Waals surface area contributed by atoms with Gasteiger partial charge in [0.2, 0.25) is 11.8 Å². The van der Waals surface area contributed by atoms with E-state index >= 15 is 0 Å². The molecule has 34 heavy (non-hydrogen) atoms. The summed E-state index contributed by atoms with van der Waals surface area (Å²) in [5, 5.41) is 14.3. The predicted molar refractivity (Wildman–Crippen MR) is 119 cm³/mol. The number of nitrogens with zero attached hydrogens (tertiary/aromatic N) is 2. The molecule has 0 bridgehead atoms. The maximum Gasteiger partial charge on any atom is 0.407 e. The number of rotatable bonds is 8. The van der Waals surface area contributed by atoms with Crippen molar-refractivity contribution in [2.75, 3.05) is 38.2 Å². The Hall–Kier alpha value is -3.47. The summed E-state index contributed by atoms with van der Waals surface area (Å²) in [4.78, 5) is 62.9. The Morgan fingerprint density at radius 2 is 1.85 bits per heavy atom. The molecule has 1 aromatic rings. The van der Waals surface area contributed by atoms with Gasteiger partial charge in [0.1, 0.15) is 6.04 Å². The van der Waals surface area contributed by atoms with E-state index in [9.17, 15) is 24.0 Å². The normalized spacial score (nSPS) is 21.0. The number of nitrogens with one attached hydrogen (secondary N) is 2. The van der Waals surface area contributed by atoms with Crippen molar-refractivity contribution < 1.29 is 33.8 Å². The third-order valence-corrected chi connectivity index (χ3v) is 6.59. The Labute approximate surface area is 196 Å². The quantitative estimate of drug-likeness (QED) is 0.379. The van der Waals surface area contributed by atoms with Crippen LogP contribution in [0.3, 0.4) is 0 Å². The lowest BCUT2D eigenvalue weighted by molar-refractivity contribution is -0.136. The van der Waals surface area contributed by atoms with Crippen molar-refractivity contribution in [2.24, 2.45) is 5.92 Å². The molecule has 2 saturated heterocycles. The summed E-state index contributed by atoms with van der Waals surface area (Å²) < 4.78 is 5.70. The van der Waals surface area contributed by atoms with Gasteiger partial charge in [0.25, 0.3) is 11.8 Å². The van der Waals surface area contributed by atoms with Crippen molar-refractivity contribution in [3.8, 4) is 0 Å². The molecule has 11 heteroatoms. The molecule has 1 atom stereocenters. The van der Waals surface area contributed by atoms with Gasteiger partial charge in [-0.25, -0.2) is 4.79 Å². The summed E-state index contributed by atoms with van der Waals surface area (Å²) in [5.74, 6) is -1.69. The predicted octanol–water partition coefficient (Wildman–Crippen LogP) is 1.30. The van der Waals surface area contributed by atoms with Crippen molar-refractivity contribution in [3.05, 3.63) is 29.3 Å². The first-order valence-corrected chi connectivity index (χ1v) is 11.5. The fourth-order valence-corrected chi connectivity index (χ4v) is 4.69. The highest BCUT2D eigenvalue weighted by molar-refractivity contribution is 6.25. The number of hydrogen-bond donors (Lipinski definition) is 3. The van der Waals surface area contributed by atoms with E-state index in [1.165, 1.54) is 4.90 Å². The van der Waals surface area contributed by atoms with E-state index in [2.05, 4.69) is 10.6 Å². The molecule has 3 N–H and O–H groups in total. The molecule has 2 fully saturated rings. The number of carboxylic acid groups (broad SMARTS) is 1. The van der Waals surface area contributed by atoms with E-state index in [4.69, 9.17) is 9.84 Å². The van der Waals surface area contributed by atoms with Gasteiger partial charge >= 0.3 is 6.09 Å². The van der Waals surface area contributed by atoms with Crippen LogP contribution in [0.5, 0.6) is 0 Å². The van der Waals surface area contributed by atoms with E-state index in [0.29, 0.717) is 44.5 Å². The summed E-state index contributed by atoms with van der Waals surface area (Å²) in [6.45, 7) is 2.50. The van der Waals surface area contributed by atoms with Crippen molar-refractivity contribution in [2.45, 2.75) is 38.1 Å². The minimum atomic E-state index is -0.997. The van der Waals surface area contributed by atoms with Crippen LogP contribution in [0.15, 0.2) is 18.2 Å². The molecule has 182 valence electrons. The van der Waals surface area contributed by atoms with Crippen LogP contribution in [0.4, 0.5) is 10.5 Å². The number of amides is 5. The second-order valence-electron chi connectivity index (χ2n) is 8.72. The molecule has 0 spiro atoms. The first-order chi connectivity index (χ1) is 16.4. The van der Waals surface area contributed by atoms with Gasteiger partial charge in [-0.1, -0.05) is 6.07 Å². The zero-order valence-corrected chi connectivity index (χ0v) is 18.7. The number of anilines is 1. The van der Waals surface area contributed by atoms with Crippen LogP contribution in [0.1, 0.15) is 52.8 Å². The number of carbonyl (C=O) groups is 5. The summed E-state index contributed by atoms with van der Waals surface area (Å²) >= 11 is 0. The van der Waals surface area contributed by atoms with E-state index in [0.717, 1.165) is 24.2 Å².